The van der Waals surface area contributed by atoms with Gasteiger partial charge in [0.1, 0.15) is 5.82 Å². The molecule has 0 fully saturated rings. The predicted octanol–water partition coefficient (Wildman–Crippen LogP) is 3.23. The van der Waals surface area contributed by atoms with Crippen LogP contribution in [-0.2, 0) is 17.6 Å². The number of anilines is 1. The minimum atomic E-state index is -0.0104. The van der Waals surface area contributed by atoms with Gasteiger partial charge in [-0.05, 0) is 24.5 Å². The van der Waals surface area contributed by atoms with E-state index in [1.54, 1.807) is 0 Å². The summed E-state index contributed by atoms with van der Waals surface area (Å²) in [5.74, 6) is 0.777. The number of benzene rings is 2. The molecule has 0 saturated heterocycles. The maximum absolute atomic E-state index is 12.2. The molecule has 1 N–H and O–H groups in total. The number of hydrogen-bond donors (Lipinski definition) is 1. The van der Waals surface area contributed by atoms with Crippen LogP contribution in [0.15, 0.2) is 54.6 Å². The van der Waals surface area contributed by atoms with Gasteiger partial charge in [0.15, 0.2) is 0 Å². The van der Waals surface area contributed by atoms with Crippen molar-refractivity contribution in [2.75, 3.05) is 25.0 Å². The van der Waals surface area contributed by atoms with Crippen molar-refractivity contribution in [2.24, 2.45) is 0 Å². The molecule has 140 valence electrons. The monoisotopic (exact) mass is 380 g/mol. The molecule has 3 aromatic rings. The van der Waals surface area contributed by atoms with E-state index in [9.17, 15) is 4.79 Å². The first-order valence-electron chi connectivity index (χ1n) is 9.00. The van der Waals surface area contributed by atoms with Crippen LogP contribution in [0.1, 0.15) is 22.5 Å². The Balaban J connectivity index is 1.46. The van der Waals surface area contributed by atoms with Gasteiger partial charge in [0.25, 0.3) is 0 Å². The quantitative estimate of drug-likeness (QED) is 0.652. The van der Waals surface area contributed by atoms with Crippen molar-refractivity contribution in [3.8, 4) is 0 Å². The Morgan fingerprint density at radius 1 is 1.07 bits per heavy atom. The van der Waals surface area contributed by atoms with Gasteiger partial charge in [-0.3, -0.25) is 4.79 Å². The van der Waals surface area contributed by atoms with Crippen molar-refractivity contribution in [2.45, 2.75) is 19.8 Å². The molecule has 5 nitrogen and oxygen atoms in total. The van der Waals surface area contributed by atoms with Crippen LogP contribution in [-0.4, -0.2) is 35.4 Å². The molecule has 0 saturated carbocycles. The number of nitrogens with one attached hydrogen (secondary N) is 1. The molecule has 1 aromatic heterocycles. The number of carbonyl (C=O) groups is 1. The Morgan fingerprint density at radius 2 is 1.81 bits per heavy atom. The highest BCUT2D eigenvalue weighted by Crippen LogP contribution is 2.17. The number of hydrogen-bond acceptors (Lipinski definition) is 5. The SMILES string of the molecule is Cc1ccc(Cc2nsc(N(C)CC(=O)NCCc3ccccc3)n2)cc1. The third-order valence-electron chi connectivity index (χ3n) is 4.23. The summed E-state index contributed by atoms with van der Waals surface area (Å²) in [4.78, 5) is 18.6. The number of aryl methyl sites for hydroxylation is 1. The summed E-state index contributed by atoms with van der Waals surface area (Å²) in [6.07, 6.45) is 1.53. The Labute approximate surface area is 164 Å². The van der Waals surface area contributed by atoms with E-state index in [2.05, 4.69) is 58.0 Å². The van der Waals surface area contributed by atoms with E-state index in [0.717, 1.165) is 17.4 Å². The standard InChI is InChI=1S/C21H24N4OS/c1-16-8-10-18(11-9-16)14-19-23-21(27-24-19)25(2)15-20(26)22-13-12-17-6-4-3-5-7-17/h3-11H,12-15H2,1-2H3,(H,22,26). The third-order valence-corrected chi connectivity index (χ3v) is 5.09. The first-order chi connectivity index (χ1) is 13.1. The van der Waals surface area contributed by atoms with Gasteiger partial charge >= 0.3 is 0 Å². The largest absolute Gasteiger partial charge is 0.354 e. The highest BCUT2D eigenvalue weighted by atomic mass is 32.1. The fourth-order valence-electron chi connectivity index (χ4n) is 2.69. The molecule has 0 aliphatic heterocycles. The second-order valence-corrected chi connectivity index (χ2v) is 7.33. The Morgan fingerprint density at radius 3 is 2.56 bits per heavy atom. The third kappa shape index (κ3) is 5.89. The van der Waals surface area contributed by atoms with E-state index in [1.165, 1.54) is 28.2 Å². The first-order valence-corrected chi connectivity index (χ1v) is 9.77. The minimum Gasteiger partial charge on any atom is -0.354 e. The zero-order valence-corrected chi connectivity index (χ0v) is 16.5. The Hall–Kier alpha value is -2.73. The molecule has 0 aliphatic carbocycles. The van der Waals surface area contributed by atoms with Gasteiger partial charge < -0.3 is 10.2 Å². The molecule has 0 bridgehead atoms. The molecule has 0 atom stereocenters. The number of nitrogens with zero attached hydrogens (tertiary/aromatic N) is 3. The van der Waals surface area contributed by atoms with Gasteiger partial charge in [0.05, 0.1) is 6.54 Å². The van der Waals surface area contributed by atoms with Crippen molar-refractivity contribution in [3.63, 3.8) is 0 Å². The minimum absolute atomic E-state index is 0.0104. The Bertz CT molecular complexity index is 861. The number of likely N-dealkylation sites (N-methyl/N-ethyl adjacent to an activating group) is 1. The zero-order chi connectivity index (χ0) is 19.1. The lowest BCUT2D eigenvalue weighted by Crippen LogP contribution is -2.36. The molecule has 2 aromatic carbocycles. The van der Waals surface area contributed by atoms with Gasteiger partial charge in [-0.2, -0.15) is 4.37 Å². The zero-order valence-electron chi connectivity index (χ0n) is 15.7. The molecule has 1 amide bonds. The van der Waals surface area contributed by atoms with E-state index >= 15 is 0 Å². The lowest BCUT2D eigenvalue weighted by atomic mass is 10.1. The predicted molar refractivity (Wildman–Crippen MR) is 110 cm³/mol. The van der Waals surface area contributed by atoms with Crippen LogP contribution in [0.3, 0.4) is 0 Å². The van der Waals surface area contributed by atoms with E-state index in [1.807, 2.05) is 30.1 Å². The summed E-state index contributed by atoms with van der Waals surface area (Å²) in [6.45, 7) is 2.97. The van der Waals surface area contributed by atoms with Crippen molar-refractivity contribution >= 4 is 22.6 Å². The van der Waals surface area contributed by atoms with Crippen molar-refractivity contribution in [1.82, 2.24) is 14.7 Å². The lowest BCUT2D eigenvalue weighted by molar-refractivity contribution is -0.119. The highest BCUT2D eigenvalue weighted by molar-refractivity contribution is 7.09. The molecular weight excluding hydrogens is 356 g/mol. The second-order valence-electron chi connectivity index (χ2n) is 6.60. The molecule has 0 spiro atoms. The summed E-state index contributed by atoms with van der Waals surface area (Å²) in [5, 5.41) is 3.72. The number of amides is 1. The molecule has 27 heavy (non-hydrogen) atoms. The average molecular weight is 381 g/mol. The van der Waals surface area contributed by atoms with E-state index < -0.39 is 0 Å². The van der Waals surface area contributed by atoms with E-state index in [4.69, 9.17) is 0 Å². The summed E-state index contributed by atoms with van der Waals surface area (Å²) < 4.78 is 4.42. The molecule has 6 heteroatoms. The molecule has 0 radical (unpaired) electrons. The second kappa shape index (κ2) is 9.28. The molecule has 0 aliphatic rings. The summed E-state index contributed by atoms with van der Waals surface area (Å²) in [5.41, 5.74) is 3.64. The number of rotatable bonds is 8. The molecule has 0 unspecified atom stereocenters. The van der Waals surface area contributed by atoms with Crippen LogP contribution < -0.4 is 10.2 Å². The van der Waals surface area contributed by atoms with Crippen LogP contribution >= 0.6 is 11.5 Å². The van der Waals surface area contributed by atoms with Crippen molar-refractivity contribution < 1.29 is 4.79 Å². The molecular formula is C21H24N4OS. The summed E-state index contributed by atoms with van der Waals surface area (Å²) in [6, 6.07) is 18.5. The fourth-order valence-corrected chi connectivity index (χ4v) is 3.33. The van der Waals surface area contributed by atoms with Crippen LogP contribution in [0.25, 0.3) is 0 Å². The summed E-state index contributed by atoms with van der Waals surface area (Å²) in [7, 11) is 1.87. The fraction of sp³-hybridized carbons (Fsp3) is 0.286. The molecule has 3 rings (SSSR count). The van der Waals surface area contributed by atoms with Gasteiger partial charge in [-0.15, -0.1) is 0 Å². The highest BCUT2D eigenvalue weighted by Gasteiger charge is 2.12. The van der Waals surface area contributed by atoms with Crippen LogP contribution in [0.5, 0.6) is 0 Å². The van der Waals surface area contributed by atoms with Gasteiger partial charge in [0, 0.05) is 31.5 Å². The Kier molecular flexibility index (Phi) is 6.54. The van der Waals surface area contributed by atoms with E-state index in [0.29, 0.717) is 13.0 Å². The number of aromatic nitrogens is 2. The van der Waals surface area contributed by atoms with Gasteiger partial charge in [-0.25, -0.2) is 4.98 Å². The van der Waals surface area contributed by atoms with Gasteiger partial charge in [-0.1, -0.05) is 60.2 Å². The smallest absolute Gasteiger partial charge is 0.239 e. The van der Waals surface area contributed by atoms with Crippen molar-refractivity contribution in [3.05, 3.63) is 77.1 Å². The lowest BCUT2D eigenvalue weighted by Gasteiger charge is -2.14. The first kappa shape index (κ1) is 19.0. The van der Waals surface area contributed by atoms with Gasteiger partial charge in [0.2, 0.25) is 11.0 Å². The van der Waals surface area contributed by atoms with E-state index in [-0.39, 0.29) is 12.5 Å². The average Bonchev–Trinajstić information content (AvgIpc) is 3.13. The topological polar surface area (TPSA) is 58.1 Å². The maximum atomic E-state index is 12.2. The summed E-state index contributed by atoms with van der Waals surface area (Å²) >= 11 is 1.33. The van der Waals surface area contributed by atoms with Crippen LogP contribution in [0, 0.1) is 6.92 Å². The molecule has 1 heterocycles. The number of carbonyl (C=O) groups excluding carboxylic acids is 1. The maximum Gasteiger partial charge on any atom is 0.239 e. The normalized spacial score (nSPS) is 10.6. The van der Waals surface area contributed by atoms with Crippen LogP contribution in [0.4, 0.5) is 5.13 Å². The van der Waals surface area contributed by atoms with Crippen molar-refractivity contribution in [1.29, 1.82) is 0 Å². The van der Waals surface area contributed by atoms with Crippen LogP contribution in [0.2, 0.25) is 0 Å².